The maximum atomic E-state index is 12.6. The summed E-state index contributed by atoms with van der Waals surface area (Å²) in [6.45, 7) is 1.82. The highest BCUT2D eigenvalue weighted by Crippen LogP contribution is 2.44. The van der Waals surface area contributed by atoms with Gasteiger partial charge in [0.1, 0.15) is 5.69 Å². The normalized spacial score (nSPS) is 23.9. The van der Waals surface area contributed by atoms with Crippen LogP contribution in [-0.4, -0.2) is 40.4 Å². The summed E-state index contributed by atoms with van der Waals surface area (Å²) in [5.41, 5.74) is 4.87. The lowest BCUT2D eigenvalue weighted by Gasteiger charge is -2.25. The Kier molecular flexibility index (Phi) is 3.18. The molecule has 1 aliphatic heterocycles. The van der Waals surface area contributed by atoms with Crippen LogP contribution in [-0.2, 0) is 9.53 Å². The Bertz CT molecular complexity index is 713. The Morgan fingerprint density at radius 1 is 1.48 bits per heavy atom. The van der Waals surface area contributed by atoms with Crippen molar-refractivity contribution in [2.75, 3.05) is 12.4 Å². The number of fused-ring (bicyclic) bond motifs is 1. The van der Waals surface area contributed by atoms with E-state index in [-0.39, 0.29) is 39.9 Å². The lowest BCUT2D eigenvalue weighted by Crippen LogP contribution is -2.53. The Hall–Kier alpha value is -1.99. The molecule has 1 unspecified atom stereocenters. The number of nitrogens with zero attached hydrogens (tertiary/aromatic N) is 1. The lowest BCUT2D eigenvalue weighted by atomic mass is 9.82. The van der Waals surface area contributed by atoms with Gasteiger partial charge >= 0.3 is 5.97 Å². The van der Waals surface area contributed by atoms with Gasteiger partial charge in [0.05, 0.1) is 17.1 Å². The van der Waals surface area contributed by atoms with Gasteiger partial charge in [0.25, 0.3) is 0 Å². The SMILES string of the molecule is CCOC(=O)C1(N)CSC2=C1C(=O)c1cccnc1C2=O. The first kappa shape index (κ1) is 14.0. The summed E-state index contributed by atoms with van der Waals surface area (Å²) in [6.07, 6.45) is 1.45. The van der Waals surface area contributed by atoms with E-state index in [1.54, 1.807) is 13.0 Å². The number of rotatable bonds is 2. The highest BCUT2D eigenvalue weighted by molar-refractivity contribution is 8.04. The minimum atomic E-state index is -1.57. The third kappa shape index (κ3) is 1.85. The van der Waals surface area contributed by atoms with Crippen LogP contribution in [0.2, 0.25) is 0 Å². The van der Waals surface area contributed by atoms with Gasteiger partial charge in [-0.25, -0.2) is 4.79 Å². The lowest BCUT2D eigenvalue weighted by molar-refractivity contribution is -0.147. The van der Waals surface area contributed by atoms with E-state index in [4.69, 9.17) is 10.5 Å². The molecular formula is C14H12N2O4S. The molecule has 0 amide bonds. The molecule has 1 aromatic heterocycles. The maximum absolute atomic E-state index is 12.6. The summed E-state index contributed by atoms with van der Waals surface area (Å²) < 4.78 is 4.96. The standard InChI is InChI=1S/C14H12N2O4S/c1-2-20-13(19)14(15)6-21-12-8(14)10(17)7-4-3-5-16-9(7)11(12)18/h3-5H,2,6,15H2,1H3. The van der Waals surface area contributed by atoms with Gasteiger partial charge in [0.2, 0.25) is 5.78 Å². The van der Waals surface area contributed by atoms with Gasteiger partial charge in [0, 0.05) is 17.5 Å². The molecule has 1 aliphatic carbocycles. The van der Waals surface area contributed by atoms with E-state index in [1.165, 1.54) is 12.3 Å². The number of Topliss-reactive ketones (excluding diaryl/α,β-unsaturated/α-hetero) is 2. The predicted octanol–water partition coefficient (Wildman–Crippen LogP) is 0.722. The molecule has 0 aromatic carbocycles. The van der Waals surface area contributed by atoms with Crippen LogP contribution in [0.25, 0.3) is 0 Å². The topological polar surface area (TPSA) is 99.3 Å². The van der Waals surface area contributed by atoms with Crippen molar-refractivity contribution in [2.45, 2.75) is 12.5 Å². The first-order chi connectivity index (χ1) is 10.0. The number of hydrogen-bond acceptors (Lipinski definition) is 7. The average Bonchev–Trinajstić information content (AvgIpc) is 2.85. The number of pyridine rings is 1. The molecule has 2 heterocycles. The van der Waals surface area contributed by atoms with Crippen LogP contribution >= 0.6 is 11.8 Å². The zero-order valence-corrected chi connectivity index (χ0v) is 12.0. The molecule has 3 rings (SSSR count). The number of hydrogen-bond donors (Lipinski definition) is 1. The predicted molar refractivity (Wildman–Crippen MR) is 75.9 cm³/mol. The van der Waals surface area contributed by atoms with Gasteiger partial charge in [-0.3, -0.25) is 14.6 Å². The van der Waals surface area contributed by atoms with Gasteiger partial charge in [-0.1, -0.05) is 0 Å². The Morgan fingerprint density at radius 3 is 2.95 bits per heavy atom. The summed E-state index contributed by atoms with van der Waals surface area (Å²) in [6, 6.07) is 3.08. The Labute approximate surface area is 124 Å². The number of ketones is 2. The fourth-order valence-corrected chi connectivity index (χ4v) is 3.73. The second-order valence-corrected chi connectivity index (χ2v) is 5.73. The molecule has 6 nitrogen and oxygen atoms in total. The molecule has 0 saturated carbocycles. The van der Waals surface area contributed by atoms with Crippen molar-refractivity contribution in [3.05, 3.63) is 40.1 Å². The monoisotopic (exact) mass is 304 g/mol. The van der Waals surface area contributed by atoms with Gasteiger partial charge in [-0.05, 0) is 19.1 Å². The molecule has 1 aromatic rings. The molecule has 7 heteroatoms. The van der Waals surface area contributed by atoms with Crippen molar-refractivity contribution in [3.8, 4) is 0 Å². The highest BCUT2D eigenvalue weighted by atomic mass is 32.2. The van der Waals surface area contributed by atoms with E-state index in [0.29, 0.717) is 0 Å². The van der Waals surface area contributed by atoms with Gasteiger partial charge in [0.15, 0.2) is 11.3 Å². The number of carbonyl (C=O) groups is 3. The number of ether oxygens (including phenoxy) is 1. The number of thioether (sulfide) groups is 1. The minimum absolute atomic E-state index is 0.0384. The Balaban J connectivity index is 2.14. The number of nitrogens with two attached hydrogens (primary N) is 1. The second kappa shape index (κ2) is 4.78. The first-order valence-electron chi connectivity index (χ1n) is 6.38. The first-order valence-corrected chi connectivity index (χ1v) is 7.37. The fourth-order valence-electron chi connectivity index (χ4n) is 2.45. The third-order valence-corrected chi connectivity index (χ3v) is 4.74. The largest absolute Gasteiger partial charge is 0.464 e. The van der Waals surface area contributed by atoms with E-state index in [9.17, 15) is 14.4 Å². The van der Waals surface area contributed by atoms with Crippen LogP contribution in [0.3, 0.4) is 0 Å². The van der Waals surface area contributed by atoms with Crippen molar-refractivity contribution in [2.24, 2.45) is 5.73 Å². The van der Waals surface area contributed by atoms with Crippen LogP contribution in [0.4, 0.5) is 0 Å². The number of allylic oxidation sites excluding steroid dienone is 1. The Morgan fingerprint density at radius 2 is 2.24 bits per heavy atom. The van der Waals surface area contributed by atoms with E-state index >= 15 is 0 Å². The van der Waals surface area contributed by atoms with Gasteiger partial charge < -0.3 is 10.5 Å². The molecule has 2 N–H and O–H groups in total. The zero-order chi connectivity index (χ0) is 15.2. The van der Waals surface area contributed by atoms with Crippen LogP contribution in [0.1, 0.15) is 27.8 Å². The maximum Gasteiger partial charge on any atom is 0.331 e. The highest BCUT2D eigenvalue weighted by Gasteiger charge is 2.53. The summed E-state index contributed by atoms with van der Waals surface area (Å²) in [5.74, 6) is -1.35. The molecule has 1 atom stereocenters. The minimum Gasteiger partial charge on any atom is -0.464 e. The van der Waals surface area contributed by atoms with Crippen molar-refractivity contribution < 1.29 is 19.1 Å². The van der Waals surface area contributed by atoms with Crippen molar-refractivity contribution >= 4 is 29.3 Å². The molecule has 0 radical (unpaired) electrons. The number of carbonyl (C=O) groups excluding carboxylic acids is 3. The molecule has 0 saturated heterocycles. The van der Waals surface area contributed by atoms with Crippen LogP contribution < -0.4 is 5.73 Å². The third-order valence-electron chi connectivity index (χ3n) is 3.46. The van der Waals surface area contributed by atoms with Crippen LogP contribution in [0.15, 0.2) is 28.8 Å². The van der Waals surface area contributed by atoms with E-state index in [2.05, 4.69) is 4.98 Å². The van der Waals surface area contributed by atoms with E-state index < -0.39 is 17.3 Å². The summed E-state index contributed by atoms with van der Waals surface area (Å²) in [5, 5.41) is 0. The fraction of sp³-hybridized carbons (Fsp3) is 0.286. The zero-order valence-electron chi connectivity index (χ0n) is 11.2. The number of aromatic nitrogens is 1. The second-order valence-electron chi connectivity index (χ2n) is 4.74. The molecule has 2 aliphatic rings. The smallest absolute Gasteiger partial charge is 0.331 e. The molecule has 108 valence electrons. The quantitative estimate of drug-likeness (QED) is 0.804. The molecule has 21 heavy (non-hydrogen) atoms. The van der Waals surface area contributed by atoms with Crippen molar-refractivity contribution in [1.82, 2.24) is 4.98 Å². The van der Waals surface area contributed by atoms with Gasteiger partial charge in [-0.2, -0.15) is 0 Å². The molecule has 0 fully saturated rings. The molecule has 0 bridgehead atoms. The average molecular weight is 304 g/mol. The van der Waals surface area contributed by atoms with E-state index in [0.717, 1.165) is 11.8 Å². The van der Waals surface area contributed by atoms with Crippen LogP contribution in [0, 0.1) is 0 Å². The van der Waals surface area contributed by atoms with Crippen molar-refractivity contribution in [3.63, 3.8) is 0 Å². The van der Waals surface area contributed by atoms with Crippen LogP contribution in [0.5, 0.6) is 0 Å². The summed E-state index contributed by atoms with van der Waals surface area (Å²) in [7, 11) is 0. The summed E-state index contributed by atoms with van der Waals surface area (Å²) >= 11 is 1.11. The molecule has 0 spiro atoms. The summed E-state index contributed by atoms with van der Waals surface area (Å²) in [4.78, 5) is 41.3. The van der Waals surface area contributed by atoms with E-state index in [1.807, 2.05) is 0 Å². The molecular weight excluding hydrogens is 292 g/mol. The van der Waals surface area contributed by atoms with Crippen molar-refractivity contribution in [1.29, 1.82) is 0 Å². The van der Waals surface area contributed by atoms with Gasteiger partial charge in [-0.15, -0.1) is 11.8 Å². The number of esters is 1.